The van der Waals surface area contributed by atoms with Crippen LogP contribution in [0.15, 0.2) is 60.7 Å². The Morgan fingerprint density at radius 1 is 0.667 bits per heavy atom. The van der Waals surface area contributed by atoms with Gasteiger partial charge >= 0.3 is 6.16 Å². The lowest BCUT2D eigenvalue weighted by Gasteiger charge is -2.29. The number of unbranched alkanes of at least 4 members (excludes halogenated alkanes) is 9. The first-order chi connectivity index (χ1) is 16.3. The van der Waals surface area contributed by atoms with Gasteiger partial charge in [0.1, 0.15) is 18.9 Å². The van der Waals surface area contributed by atoms with Gasteiger partial charge in [-0.15, -0.1) is 0 Å². The summed E-state index contributed by atoms with van der Waals surface area (Å²) in [6, 6.07) is 20.2. The minimum absolute atomic E-state index is 0.233. The summed E-state index contributed by atoms with van der Waals surface area (Å²) in [7, 11) is 0. The number of cyclic esters (lactones) is 2. The van der Waals surface area contributed by atoms with Gasteiger partial charge in [0.15, 0.2) is 0 Å². The molecule has 1 saturated heterocycles. The SMILES string of the molecule is CCCCCCCCCCCCB1CC(c2ccccc2)OC(=O)OC(c2ccccc2)C1. The molecule has 0 saturated carbocycles. The van der Waals surface area contributed by atoms with Gasteiger partial charge in [0.05, 0.1) is 0 Å². The van der Waals surface area contributed by atoms with Crippen molar-refractivity contribution in [2.45, 2.75) is 102 Å². The van der Waals surface area contributed by atoms with E-state index in [9.17, 15) is 4.79 Å². The van der Waals surface area contributed by atoms with E-state index in [0.717, 1.165) is 30.1 Å². The van der Waals surface area contributed by atoms with Crippen molar-refractivity contribution in [2.24, 2.45) is 0 Å². The lowest BCUT2D eigenvalue weighted by atomic mass is 9.40. The zero-order valence-corrected chi connectivity index (χ0v) is 20.4. The van der Waals surface area contributed by atoms with Crippen LogP contribution in [0.1, 0.15) is 94.5 Å². The van der Waals surface area contributed by atoms with Crippen molar-refractivity contribution in [1.82, 2.24) is 0 Å². The predicted octanol–water partition coefficient (Wildman–Crippen LogP) is 9.05. The predicted molar refractivity (Wildman–Crippen MR) is 138 cm³/mol. The molecule has 1 aliphatic rings. The number of rotatable bonds is 13. The maximum atomic E-state index is 12.5. The molecule has 1 fully saturated rings. The van der Waals surface area contributed by atoms with Gasteiger partial charge in [-0.1, -0.05) is 138 Å². The Labute approximate surface area is 201 Å². The molecule has 0 aromatic heterocycles. The van der Waals surface area contributed by atoms with Crippen molar-refractivity contribution in [3.63, 3.8) is 0 Å². The molecule has 3 nitrogen and oxygen atoms in total. The van der Waals surface area contributed by atoms with Gasteiger partial charge in [0, 0.05) is 0 Å². The van der Waals surface area contributed by atoms with Crippen LogP contribution < -0.4 is 0 Å². The van der Waals surface area contributed by atoms with E-state index in [1.807, 2.05) is 60.7 Å². The molecule has 2 unspecified atom stereocenters. The molecule has 0 amide bonds. The second-order valence-corrected chi connectivity index (χ2v) is 9.59. The fraction of sp³-hybridized carbons (Fsp3) is 0.552. The molecule has 0 N–H and O–H groups in total. The van der Waals surface area contributed by atoms with E-state index >= 15 is 0 Å². The van der Waals surface area contributed by atoms with E-state index in [4.69, 9.17) is 9.47 Å². The molecule has 0 spiro atoms. The summed E-state index contributed by atoms with van der Waals surface area (Å²) in [5.41, 5.74) is 2.11. The van der Waals surface area contributed by atoms with Crippen LogP contribution in [-0.2, 0) is 9.47 Å². The van der Waals surface area contributed by atoms with Crippen LogP contribution in [0, 0.1) is 0 Å². The molecular formula is C29H41BO3. The topological polar surface area (TPSA) is 35.5 Å². The Balaban J connectivity index is 1.52. The molecule has 1 aliphatic heterocycles. The van der Waals surface area contributed by atoms with Gasteiger partial charge in [0.2, 0.25) is 0 Å². The van der Waals surface area contributed by atoms with Crippen LogP contribution in [0.3, 0.4) is 0 Å². The van der Waals surface area contributed by atoms with Crippen molar-refractivity contribution < 1.29 is 14.3 Å². The average molecular weight is 448 g/mol. The third kappa shape index (κ3) is 9.27. The van der Waals surface area contributed by atoms with Crippen LogP contribution in [0.5, 0.6) is 0 Å². The number of hydrogen-bond acceptors (Lipinski definition) is 3. The summed E-state index contributed by atoms with van der Waals surface area (Å²) in [6.07, 6.45) is 15.3. The molecule has 2 aromatic rings. The number of hydrogen-bond donors (Lipinski definition) is 0. The van der Waals surface area contributed by atoms with Crippen LogP contribution in [-0.4, -0.2) is 12.9 Å². The van der Waals surface area contributed by atoms with Crippen molar-refractivity contribution in [3.05, 3.63) is 71.8 Å². The molecular weight excluding hydrogens is 407 g/mol. The molecule has 2 aromatic carbocycles. The summed E-state index contributed by atoms with van der Waals surface area (Å²) in [5.74, 6) is 0. The highest BCUT2D eigenvalue weighted by Crippen LogP contribution is 2.35. The van der Waals surface area contributed by atoms with Gasteiger partial charge in [0.25, 0.3) is 0 Å². The summed E-state index contributed by atoms with van der Waals surface area (Å²) >= 11 is 0. The zero-order chi connectivity index (χ0) is 23.1. The van der Waals surface area contributed by atoms with E-state index < -0.39 is 6.16 Å². The van der Waals surface area contributed by atoms with Crippen LogP contribution >= 0.6 is 0 Å². The highest BCUT2D eigenvalue weighted by molar-refractivity contribution is 6.59. The van der Waals surface area contributed by atoms with E-state index in [1.165, 1.54) is 64.2 Å². The fourth-order valence-corrected chi connectivity index (χ4v) is 4.96. The highest BCUT2D eigenvalue weighted by atomic mass is 16.7. The quantitative estimate of drug-likeness (QED) is 0.174. The summed E-state index contributed by atoms with van der Waals surface area (Å²) in [4.78, 5) is 12.5. The molecule has 33 heavy (non-hydrogen) atoms. The second kappa shape index (κ2) is 14.8. The molecule has 0 aliphatic carbocycles. The van der Waals surface area contributed by atoms with E-state index in [2.05, 4.69) is 6.92 Å². The van der Waals surface area contributed by atoms with Crippen LogP contribution in [0.25, 0.3) is 0 Å². The Kier molecular flexibility index (Phi) is 11.4. The highest BCUT2D eigenvalue weighted by Gasteiger charge is 2.32. The lowest BCUT2D eigenvalue weighted by Crippen LogP contribution is -2.28. The molecule has 0 radical (unpaired) electrons. The minimum atomic E-state index is -0.560. The molecule has 0 bridgehead atoms. The minimum Gasteiger partial charge on any atom is -0.427 e. The zero-order valence-electron chi connectivity index (χ0n) is 20.4. The Morgan fingerprint density at radius 3 is 1.55 bits per heavy atom. The van der Waals surface area contributed by atoms with Gasteiger partial charge in [-0.25, -0.2) is 4.79 Å². The van der Waals surface area contributed by atoms with Crippen molar-refractivity contribution >= 4 is 12.9 Å². The van der Waals surface area contributed by atoms with E-state index in [-0.39, 0.29) is 12.2 Å². The van der Waals surface area contributed by atoms with Crippen LogP contribution in [0.2, 0.25) is 19.0 Å². The number of carbonyl (C=O) groups excluding carboxylic acids is 1. The number of benzene rings is 2. The first-order valence-electron chi connectivity index (χ1n) is 13.2. The molecule has 3 rings (SSSR count). The number of carbonyl (C=O) groups is 1. The first kappa shape index (κ1) is 25.4. The van der Waals surface area contributed by atoms with Gasteiger partial charge < -0.3 is 9.47 Å². The first-order valence-corrected chi connectivity index (χ1v) is 13.2. The van der Waals surface area contributed by atoms with Crippen molar-refractivity contribution in [1.29, 1.82) is 0 Å². The molecule has 178 valence electrons. The fourth-order valence-electron chi connectivity index (χ4n) is 4.96. The van der Waals surface area contributed by atoms with Crippen molar-refractivity contribution in [3.8, 4) is 0 Å². The summed E-state index contributed by atoms with van der Waals surface area (Å²) in [5, 5.41) is 0. The normalized spacial score (nSPS) is 18.8. The third-order valence-electron chi connectivity index (χ3n) is 6.88. The lowest BCUT2D eigenvalue weighted by molar-refractivity contribution is 0.00148. The third-order valence-corrected chi connectivity index (χ3v) is 6.88. The molecule has 1 heterocycles. The average Bonchev–Trinajstić information content (AvgIpc) is 2.84. The Hall–Kier alpha value is -2.23. The standard InChI is InChI=1S/C29H41BO3/c1-2-3-4-5-6-7-8-9-10-17-22-30-23-27(25-18-13-11-14-19-25)32-29(31)33-28(24-30)26-20-15-12-16-21-26/h11-16,18-21,27-28H,2-10,17,22-24H2,1H3. The van der Waals surface area contributed by atoms with Gasteiger partial charge in [-0.2, -0.15) is 0 Å². The summed E-state index contributed by atoms with van der Waals surface area (Å²) < 4.78 is 11.6. The largest absolute Gasteiger partial charge is 0.509 e. The maximum Gasteiger partial charge on any atom is 0.509 e. The molecule has 2 atom stereocenters. The monoisotopic (exact) mass is 448 g/mol. The van der Waals surface area contributed by atoms with Gasteiger partial charge in [-0.3, -0.25) is 0 Å². The summed E-state index contributed by atoms with van der Waals surface area (Å²) in [6.45, 7) is 2.73. The second-order valence-electron chi connectivity index (χ2n) is 9.59. The van der Waals surface area contributed by atoms with Crippen molar-refractivity contribution in [2.75, 3.05) is 0 Å². The Morgan fingerprint density at radius 2 is 1.09 bits per heavy atom. The Bertz CT molecular complexity index is 726. The maximum absolute atomic E-state index is 12.5. The molecule has 4 heteroatoms. The van der Waals surface area contributed by atoms with E-state index in [1.54, 1.807) is 0 Å². The van der Waals surface area contributed by atoms with Crippen LogP contribution in [0.4, 0.5) is 4.79 Å². The van der Waals surface area contributed by atoms with Gasteiger partial charge in [-0.05, 0) is 23.8 Å². The number of ether oxygens (including phenoxy) is 2. The van der Waals surface area contributed by atoms with E-state index in [0.29, 0.717) is 6.71 Å². The smallest absolute Gasteiger partial charge is 0.427 e.